The molecule has 1 saturated heterocycles. The fraction of sp³-hybridized carbons (Fsp3) is 0.280. The number of rotatable bonds is 6. The van der Waals surface area contributed by atoms with Crippen LogP contribution in [0.3, 0.4) is 0 Å². The second-order valence-corrected chi connectivity index (χ2v) is 8.70. The van der Waals surface area contributed by atoms with E-state index >= 15 is 0 Å². The summed E-state index contributed by atoms with van der Waals surface area (Å²) in [6.45, 7) is -0.659. The Morgan fingerprint density at radius 2 is 1.73 bits per heavy atom. The number of nitrogens with zero attached hydrogens (tertiary/aromatic N) is 2. The maximum absolute atomic E-state index is 11.8. The molecule has 0 bridgehead atoms. The van der Waals surface area contributed by atoms with Crippen LogP contribution in [0.5, 0.6) is 5.75 Å². The molecule has 1 fully saturated rings. The van der Waals surface area contributed by atoms with Gasteiger partial charge in [0.25, 0.3) is 0 Å². The van der Waals surface area contributed by atoms with Crippen molar-refractivity contribution in [2.75, 3.05) is 6.61 Å². The zero-order valence-electron chi connectivity index (χ0n) is 19.1. The van der Waals surface area contributed by atoms with Crippen molar-refractivity contribution in [1.82, 2.24) is 4.98 Å². The van der Waals surface area contributed by atoms with Gasteiger partial charge in [0.1, 0.15) is 35.6 Å². The third-order valence-electron chi connectivity index (χ3n) is 6.14. The number of aliphatic hydroxyl groups is 4. The quantitative estimate of drug-likeness (QED) is 0.164. The molecular formula is C25H22N2O10. The highest BCUT2D eigenvalue weighted by Gasteiger charge is 2.45. The second kappa shape index (κ2) is 9.84. The van der Waals surface area contributed by atoms with Gasteiger partial charge in [0.2, 0.25) is 6.29 Å². The molecule has 12 heteroatoms. The Labute approximate surface area is 208 Å². The van der Waals surface area contributed by atoms with Crippen molar-refractivity contribution in [3.63, 3.8) is 0 Å². The smallest absolute Gasteiger partial charge is 0.311 e. The molecule has 0 radical (unpaired) electrons. The summed E-state index contributed by atoms with van der Waals surface area (Å²) < 4.78 is 16.6. The lowest BCUT2D eigenvalue weighted by atomic mass is 9.99. The standard InChI is InChI=1S/C25H22N2O10/c28-11-21-22(30)23(31)24(32)25(37-21)36-18-6-2-12(8-17(18)27(33)34)7-13-1-4-15-19(9-13)35-20-10-14(29)3-5-16(20)26-15/h1-6,8-10,21-25,28,30-32H,7,11H2/t21-,22+,23+,24-,25-/m1/s1. The van der Waals surface area contributed by atoms with Crippen LogP contribution < -0.4 is 10.2 Å². The van der Waals surface area contributed by atoms with Crippen LogP contribution in [0.4, 0.5) is 5.69 Å². The maximum Gasteiger partial charge on any atom is 0.311 e. The summed E-state index contributed by atoms with van der Waals surface area (Å²) in [6.07, 6.45) is -7.45. The highest BCUT2D eigenvalue weighted by atomic mass is 16.7. The minimum atomic E-state index is -1.71. The largest absolute Gasteiger partial charge is 0.455 e. The number of hydrogen-bond donors (Lipinski definition) is 4. The zero-order chi connectivity index (χ0) is 26.3. The van der Waals surface area contributed by atoms with E-state index in [0.717, 1.165) is 5.56 Å². The lowest BCUT2D eigenvalue weighted by Gasteiger charge is -2.39. The molecule has 3 aliphatic rings. The van der Waals surface area contributed by atoms with Gasteiger partial charge in [-0.3, -0.25) is 14.9 Å². The lowest BCUT2D eigenvalue weighted by molar-refractivity contribution is -0.387. The first-order chi connectivity index (χ1) is 17.7. The van der Waals surface area contributed by atoms with E-state index in [1.54, 1.807) is 24.3 Å². The molecule has 0 amide bonds. The number of nitro groups is 1. The number of fused-ring (bicyclic) bond motifs is 2. The molecule has 4 N–H and O–H groups in total. The molecule has 37 heavy (non-hydrogen) atoms. The van der Waals surface area contributed by atoms with Gasteiger partial charge in [-0.1, -0.05) is 12.1 Å². The summed E-state index contributed by atoms with van der Waals surface area (Å²) >= 11 is 0. The van der Waals surface area contributed by atoms with Crippen LogP contribution in [0.1, 0.15) is 11.1 Å². The van der Waals surface area contributed by atoms with Crippen LogP contribution in [0, 0.1) is 10.1 Å². The Morgan fingerprint density at radius 3 is 2.49 bits per heavy atom. The maximum atomic E-state index is 11.8. The van der Waals surface area contributed by atoms with E-state index < -0.39 is 47.9 Å². The lowest BCUT2D eigenvalue weighted by Crippen LogP contribution is -2.60. The van der Waals surface area contributed by atoms with Crippen molar-refractivity contribution in [1.29, 1.82) is 0 Å². The minimum Gasteiger partial charge on any atom is -0.455 e. The first-order valence-corrected chi connectivity index (χ1v) is 11.3. The number of benzene rings is 3. The predicted molar refractivity (Wildman–Crippen MR) is 127 cm³/mol. The van der Waals surface area contributed by atoms with E-state index in [-0.39, 0.29) is 11.2 Å². The molecule has 2 aromatic rings. The summed E-state index contributed by atoms with van der Waals surface area (Å²) in [6, 6.07) is 13.9. The fourth-order valence-corrected chi connectivity index (χ4v) is 4.20. The van der Waals surface area contributed by atoms with Crippen molar-refractivity contribution in [2.24, 2.45) is 0 Å². The van der Waals surface area contributed by atoms with Gasteiger partial charge in [0.05, 0.1) is 11.5 Å². The van der Waals surface area contributed by atoms with E-state index in [0.29, 0.717) is 34.5 Å². The Hall–Kier alpha value is -3.94. The molecule has 5 atom stereocenters. The van der Waals surface area contributed by atoms with Crippen molar-refractivity contribution >= 4 is 16.8 Å². The van der Waals surface area contributed by atoms with E-state index in [2.05, 4.69) is 4.98 Å². The summed E-state index contributed by atoms with van der Waals surface area (Å²) in [4.78, 5) is 27.2. The predicted octanol–water partition coefficient (Wildman–Crippen LogP) is 0.970. The van der Waals surface area contributed by atoms with Crippen LogP contribution >= 0.6 is 0 Å². The van der Waals surface area contributed by atoms with Crippen LogP contribution in [0.15, 0.2) is 63.8 Å². The number of aliphatic hydroxyl groups excluding tert-OH is 4. The summed E-state index contributed by atoms with van der Waals surface area (Å²) in [5, 5.41) is 51.1. The average molecular weight is 510 g/mol. The third-order valence-corrected chi connectivity index (χ3v) is 6.14. The summed E-state index contributed by atoms with van der Waals surface area (Å²) in [5.74, 6) is 0.123. The minimum absolute atomic E-state index is 0.202. The van der Waals surface area contributed by atoms with Gasteiger partial charge in [-0.05, 0) is 47.9 Å². The van der Waals surface area contributed by atoms with Crippen molar-refractivity contribution in [3.8, 4) is 17.2 Å². The number of ether oxygens (including phenoxy) is 2. The van der Waals surface area contributed by atoms with Gasteiger partial charge >= 0.3 is 5.69 Å². The normalized spacial score (nSPS) is 23.8. The van der Waals surface area contributed by atoms with E-state index in [1.165, 1.54) is 24.3 Å². The van der Waals surface area contributed by atoms with Crippen molar-refractivity contribution in [3.05, 3.63) is 86.1 Å². The van der Waals surface area contributed by atoms with Gasteiger partial charge in [-0.25, -0.2) is 4.98 Å². The van der Waals surface area contributed by atoms with Gasteiger partial charge < -0.3 is 34.3 Å². The Morgan fingerprint density at radius 1 is 0.973 bits per heavy atom. The number of nitro benzene ring substituents is 1. The first kappa shape index (κ1) is 24.7. The Balaban J connectivity index is 1.40. The molecule has 5 rings (SSSR count). The summed E-state index contributed by atoms with van der Waals surface area (Å²) in [5.41, 5.74) is 2.32. The molecule has 0 aromatic heterocycles. The van der Waals surface area contributed by atoms with Crippen molar-refractivity contribution in [2.45, 2.75) is 37.1 Å². The monoisotopic (exact) mass is 510 g/mol. The van der Waals surface area contributed by atoms with Crippen LogP contribution in [-0.2, 0) is 11.2 Å². The second-order valence-electron chi connectivity index (χ2n) is 8.70. The van der Waals surface area contributed by atoms with E-state index in [9.17, 15) is 35.3 Å². The average Bonchev–Trinajstić information content (AvgIpc) is 2.88. The molecule has 0 saturated carbocycles. The molecule has 192 valence electrons. The van der Waals surface area contributed by atoms with E-state index in [1.807, 2.05) is 6.07 Å². The highest BCUT2D eigenvalue weighted by molar-refractivity contribution is 5.77. The van der Waals surface area contributed by atoms with Crippen LogP contribution in [0.2, 0.25) is 0 Å². The molecule has 2 heterocycles. The zero-order valence-corrected chi connectivity index (χ0v) is 19.1. The topological polar surface area (TPSA) is 186 Å². The molecule has 1 aliphatic carbocycles. The van der Waals surface area contributed by atoms with Gasteiger partial charge in [-0.15, -0.1) is 0 Å². The molecule has 0 unspecified atom stereocenters. The number of hydrogen-bond acceptors (Lipinski definition) is 11. The fourth-order valence-electron chi connectivity index (χ4n) is 4.20. The Bertz CT molecular complexity index is 1490. The number of aromatic nitrogens is 1. The van der Waals surface area contributed by atoms with Gasteiger partial charge in [0.15, 0.2) is 22.5 Å². The summed E-state index contributed by atoms with van der Waals surface area (Å²) in [7, 11) is 0. The molecule has 0 spiro atoms. The van der Waals surface area contributed by atoms with Gasteiger partial charge in [-0.2, -0.15) is 0 Å². The SMILES string of the molecule is O=c1ccc2nc3ccc(Cc4ccc(O[C@@H]5O[C@H](CO)[C@H](O)[C@H](O)[C@H]5O)c([N+](=O)[O-])c4)cc3oc-2c1. The third kappa shape index (κ3) is 4.88. The molecule has 12 nitrogen and oxygen atoms in total. The Kier molecular flexibility index (Phi) is 6.58. The molecular weight excluding hydrogens is 488 g/mol. The molecule has 2 aromatic carbocycles. The van der Waals surface area contributed by atoms with Crippen molar-refractivity contribution < 1.29 is 39.2 Å². The van der Waals surface area contributed by atoms with E-state index in [4.69, 9.17) is 13.9 Å². The highest BCUT2D eigenvalue weighted by Crippen LogP contribution is 2.33. The first-order valence-electron chi connectivity index (χ1n) is 11.3. The molecule has 2 aliphatic heterocycles. The van der Waals surface area contributed by atoms with Gasteiger partial charge in [0, 0.05) is 12.1 Å². The van der Waals surface area contributed by atoms with Crippen LogP contribution in [-0.4, -0.2) is 67.6 Å². The van der Waals surface area contributed by atoms with Crippen LogP contribution in [0.25, 0.3) is 22.6 Å².